The number of amides is 1. The Balaban J connectivity index is 1.93. The van der Waals surface area contributed by atoms with Gasteiger partial charge in [0.05, 0.1) is 6.26 Å². The number of hydrogen-bond acceptors (Lipinski definition) is 3. The lowest BCUT2D eigenvalue weighted by molar-refractivity contribution is 0.0709. The summed E-state index contributed by atoms with van der Waals surface area (Å²) in [6.07, 6.45) is 5.20. The van der Waals surface area contributed by atoms with Gasteiger partial charge >= 0.3 is 0 Å². The Labute approximate surface area is 102 Å². The molecule has 1 aliphatic rings. The SMILES string of the molecule is CCN(CC1CCCCN1)C(=O)c1ccco1. The maximum atomic E-state index is 12.1. The van der Waals surface area contributed by atoms with E-state index in [2.05, 4.69) is 5.32 Å². The van der Waals surface area contributed by atoms with E-state index in [1.807, 2.05) is 11.8 Å². The van der Waals surface area contributed by atoms with Crippen molar-refractivity contribution in [3.8, 4) is 0 Å². The second kappa shape index (κ2) is 5.87. The summed E-state index contributed by atoms with van der Waals surface area (Å²) in [6, 6.07) is 3.90. The first-order chi connectivity index (χ1) is 8.31. The van der Waals surface area contributed by atoms with Gasteiger partial charge < -0.3 is 14.6 Å². The molecule has 1 fully saturated rings. The van der Waals surface area contributed by atoms with Gasteiger partial charge in [0.1, 0.15) is 0 Å². The van der Waals surface area contributed by atoms with Crippen LogP contribution in [-0.2, 0) is 0 Å². The van der Waals surface area contributed by atoms with Gasteiger partial charge in [-0.2, -0.15) is 0 Å². The number of nitrogens with zero attached hydrogens (tertiary/aromatic N) is 1. The molecule has 1 unspecified atom stereocenters. The van der Waals surface area contributed by atoms with E-state index in [1.165, 1.54) is 12.8 Å². The lowest BCUT2D eigenvalue weighted by atomic mass is 10.0. The number of likely N-dealkylation sites (N-methyl/N-ethyl adjacent to an activating group) is 1. The van der Waals surface area contributed by atoms with Crippen LogP contribution in [0.15, 0.2) is 22.8 Å². The molecule has 1 atom stereocenters. The number of hydrogen-bond donors (Lipinski definition) is 1. The van der Waals surface area contributed by atoms with E-state index in [0.29, 0.717) is 11.8 Å². The second-order valence-corrected chi connectivity index (χ2v) is 4.47. The average Bonchev–Trinajstić information content (AvgIpc) is 2.90. The molecular weight excluding hydrogens is 216 g/mol. The zero-order valence-corrected chi connectivity index (χ0v) is 10.3. The molecule has 4 heteroatoms. The van der Waals surface area contributed by atoms with Crippen LogP contribution in [0.25, 0.3) is 0 Å². The molecule has 1 saturated heterocycles. The molecule has 4 nitrogen and oxygen atoms in total. The summed E-state index contributed by atoms with van der Waals surface area (Å²) in [5.41, 5.74) is 0. The number of carbonyl (C=O) groups excluding carboxylic acids is 1. The summed E-state index contributed by atoms with van der Waals surface area (Å²) in [5.74, 6) is 0.424. The van der Waals surface area contributed by atoms with Gasteiger partial charge in [0, 0.05) is 19.1 Å². The van der Waals surface area contributed by atoms with E-state index in [9.17, 15) is 4.79 Å². The van der Waals surface area contributed by atoms with Crippen molar-refractivity contribution in [2.45, 2.75) is 32.2 Å². The van der Waals surface area contributed by atoms with Gasteiger partial charge in [-0.25, -0.2) is 0 Å². The minimum atomic E-state index is -0.00938. The highest BCUT2D eigenvalue weighted by atomic mass is 16.3. The van der Waals surface area contributed by atoms with Crippen molar-refractivity contribution in [3.05, 3.63) is 24.2 Å². The molecule has 1 aliphatic heterocycles. The fourth-order valence-electron chi connectivity index (χ4n) is 2.26. The van der Waals surface area contributed by atoms with Crippen molar-refractivity contribution in [3.63, 3.8) is 0 Å². The molecule has 0 spiro atoms. The van der Waals surface area contributed by atoms with Crippen LogP contribution < -0.4 is 5.32 Å². The van der Waals surface area contributed by atoms with Gasteiger partial charge in [-0.05, 0) is 38.4 Å². The molecule has 0 aliphatic carbocycles. The summed E-state index contributed by atoms with van der Waals surface area (Å²) >= 11 is 0. The van der Waals surface area contributed by atoms with E-state index < -0.39 is 0 Å². The summed E-state index contributed by atoms with van der Waals surface area (Å²) in [5, 5.41) is 3.46. The van der Waals surface area contributed by atoms with Crippen molar-refractivity contribution in [2.24, 2.45) is 0 Å². The number of piperidine rings is 1. The van der Waals surface area contributed by atoms with E-state index in [-0.39, 0.29) is 5.91 Å². The van der Waals surface area contributed by atoms with E-state index in [1.54, 1.807) is 18.4 Å². The lowest BCUT2D eigenvalue weighted by Gasteiger charge is -2.29. The first kappa shape index (κ1) is 12.2. The van der Waals surface area contributed by atoms with E-state index in [0.717, 1.165) is 26.1 Å². The molecule has 1 aromatic heterocycles. The molecule has 1 aromatic rings. The number of furan rings is 1. The van der Waals surface area contributed by atoms with Crippen LogP contribution in [0.1, 0.15) is 36.7 Å². The highest BCUT2D eigenvalue weighted by Crippen LogP contribution is 2.11. The predicted molar refractivity (Wildman–Crippen MR) is 65.9 cm³/mol. The topological polar surface area (TPSA) is 45.5 Å². The van der Waals surface area contributed by atoms with Crippen LogP contribution in [0.3, 0.4) is 0 Å². The highest BCUT2D eigenvalue weighted by molar-refractivity contribution is 5.91. The van der Waals surface area contributed by atoms with Crippen LogP contribution in [-0.4, -0.2) is 36.5 Å². The van der Waals surface area contributed by atoms with Crippen molar-refractivity contribution >= 4 is 5.91 Å². The minimum absolute atomic E-state index is 0.00938. The van der Waals surface area contributed by atoms with Gasteiger partial charge in [-0.3, -0.25) is 4.79 Å². The van der Waals surface area contributed by atoms with Crippen LogP contribution in [0.2, 0.25) is 0 Å². The monoisotopic (exact) mass is 236 g/mol. The van der Waals surface area contributed by atoms with Crippen LogP contribution in [0, 0.1) is 0 Å². The number of carbonyl (C=O) groups is 1. The fraction of sp³-hybridized carbons (Fsp3) is 0.615. The predicted octanol–water partition coefficient (Wildman–Crippen LogP) is 1.88. The molecule has 0 radical (unpaired) electrons. The molecule has 2 rings (SSSR count). The Kier molecular flexibility index (Phi) is 4.20. The summed E-state index contributed by atoms with van der Waals surface area (Å²) in [7, 11) is 0. The van der Waals surface area contributed by atoms with Crippen molar-refractivity contribution < 1.29 is 9.21 Å². The summed E-state index contributed by atoms with van der Waals surface area (Å²) < 4.78 is 5.16. The molecule has 0 aromatic carbocycles. The molecule has 2 heterocycles. The summed E-state index contributed by atoms with van der Waals surface area (Å²) in [6.45, 7) is 4.56. The molecule has 17 heavy (non-hydrogen) atoms. The Morgan fingerprint density at radius 2 is 2.47 bits per heavy atom. The minimum Gasteiger partial charge on any atom is -0.459 e. The first-order valence-corrected chi connectivity index (χ1v) is 6.37. The largest absolute Gasteiger partial charge is 0.459 e. The second-order valence-electron chi connectivity index (χ2n) is 4.47. The molecule has 94 valence electrons. The van der Waals surface area contributed by atoms with Crippen LogP contribution in [0.5, 0.6) is 0 Å². The molecule has 1 N–H and O–H groups in total. The molecule has 0 bridgehead atoms. The van der Waals surface area contributed by atoms with Crippen molar-refractivity contribution in [1.82, 2.24) is 10.2 Å². The third kappa shape index (κ3) is 3.09. The van der Waals surface area contributed by atoms with E-state index >= 15 is 0 Å². The maximum absolute atomic E-state index is 12.1. The molecular formula is C13H20N2O2. The van der Waals surface area contributed by atoms with Crippen LogP contribution >= 0.6 is 0 Å². The smallest absolute Gasteiger partial charge is 0.289 e. The average molecular weight is 236 g/mol. The Bertz CT molecular complexity index is 342. The van der Waals surface area contributed by atoms with Gasteiger partial charge in [0.15, 0.2) is 5.76 Å². The van der Waals surface area contributed by atoms with Crippen molar-refractivity contribution in [2.75, 3.05) is 19.6 Å². The molecule has 1 amide bonds. The lowest BCUT2D eigenvalue weighted by Crippen LogP contribution is -2.45. The fourth-order valence-corrected chi connectivity index (χ4v) is 2.26. The number of rotatable bonds is 4. The third-order valence-electron chi connectivity index (χ3n) is 3.25. The first-order valence-electron chi connectivity index (χ1n) is 6.37. The molecule has 0 saturated carbocycles. The number of nitrogens with one attached hydrogen (secondary N) is 1. The summed E-state index contributed by atoms with van der Waals surface area (Å²) in [4.78, 5) is 14.0. The standard InChI is InChI=1S/C13H20N2O2/c1-2-15(10-11-6-3-4-8-14-11)13(16)12-7-5-9-17-12/h5,7,9,11,14H,2-4,6,8,10H2,1H3. The van der Waals surface area contributed by atoms with Gasteiger partial charge in [0.25, 0.3) is 5.91 Å². The zero-order valence-electron chi connectivity index (χ0n) is 10.3. The quantitative estimate of drug-likeness (QED) is 0.868. The Hall–Kier alpha value is -1.29. The maximum Gasteiger partial charge on any atom is 0.289 e. The normalized spacial score (nSPS) is 20.2. The third-order valence-corrected chi connectivity index (χ3v) is 3.25. The van der Waals surface area contributed by atoms with Gasteiger partial charge in [-0.15, -0.1) is 0 Å². The zero-order chi connectivity index (χ0) is 12.1. The highest BCUT2D eigenvalue weighted by Gasteiger charge is 2.21. The van der Waals surface area contributed by atoms with Crippen LogP contribution in [0.4, 0.5) is 0 Å². The van der Waals surface area contributed by atoms with Gasteiger partial charge in [0.2, 0.25) is 0 Å². The van der Waals surface area contributed by atoms with Gasteiger partial charge in [-0.1, -0.05) is 6.42 Å². The Morgan fingerprint density at radius 3 is 3.06 bits per heavy atom. The van der Waals surface area contributed by atoms with Crippen molar-refractivity contribution in [1.29, 1.82) is 0 Å². The Morgan fingerprint density at radius 1 is 1.59 bits per heavy atom. The van der Waals surface area contributed by atoms with E-state index in [4.69, 9.17) is 4.42 Å².